The molecule has 0 aliphatic heterocycles. The molecule has 0 amide bonds. The number of hydrogen-bond donors (Lipinski definition) is 0. The number of benzene rings is 1. The lowest BCUT2D eigenvalue weighted by Gasteiger charge is -2.19. The Morgan fingerprint density at radius 2 is 1.83 bits per heavy atom. The lowest BCUT2D eigenvalue weighted by Crippen LogP contribution is -2.35. The average molecular weight is 456 g/mol. The van der Waals surface area contributed by atoms with Crippen LogP contribution in [0.1, 0.15) is 36.5 Å². The molecule has 1 aromatic heterocycles. The highest BCUT2D eigenvalue weighted by Gasteiger charge is 2.37. The van der Waals surface area contributed by atoms with E-state index in [0.717, 1.165) is 4.68 Å². The van der Waals surface area contributed by atoms with Crippen LogP contribution in [0.2, 0.25) is 10.0 Å². The molecular weight excluding hydrogens is 437 g/mol. The molecule has 0 N–H and O–H groups in total. The molecule has 1 aliphatic carbocycles. The largest absolute Gasteiger partial charge is 0.468 e. The van der Waals surface area contributed by atoms with Crippen molar-refractivity contribution in [1.29, 1.82) is 0 Å². The van der Waals surface area contributed by atoms with Crippen molar-refractivity contribution in [2.45, 2.75) is 32.9 Å². The van der Waals surface area contributed by atoms with Crippen LogP contribution in [0.3, 0.4) is 0 Å². The average Bonchev–Trinajstić information content (AvgIpc) is 2.96. The van der Waals surface area contributed by atoms with Crippen LogP contribution in [0.5, 0.6) is 11.8 Å². The Kier molecular flexibility index (Phi) is 6.62. The van der Waals surface area contributed by atoms with Crippen LogP contribution in [0.25, 0.3) is 0 Å². The molecule has 0 radical (unpaired) electrons. The van der Waals surface area contributed by atoms with E-state index in [1.165, 1.54) is 23.7 Å². The van der Waals surface area contributed by atoms with Gasteiger partial charge in [0, 0.05) is 25.5 Å². The van der Waals surface area contributed by atoms with Crippen molar-refractivity contribution in [1.82, 2.24) is 14.3 Å². The van der Waals surface area contributed by atoms with E-state index in [1.807, 2.05) is 0 Å². The lowest BCUT2D eigenvalue weighted by atomic mass is 9.81. The van der Waals surface area contributed by atoms with Crippen molar-refractivity contribution < 1.29 is 23.9 Å². The zero-order valence-corrected chi connectivity index (χ0v) is 17.8. The fraction of sp³-hybridized carbons (Fsp3) is 0.421. The molecular formula is C19H19Cl2N3O6. The van der Waals surface area contributed by atoms with Crippen molar-refractivity contribution >= 4 is 40.6 Å². The van der Waals surface area contributed by atoms with Crippen LogP contribution >= 0.6 is 23.2 Å². The number of carbonyl (C=O) groups excluding carboxylic acids is 3. The van der Waals surface area contributed by atoms with Gasteiger partial charge in [0.15, 0.2) is 29.8 Å². The van der Waals surface area contributed by atoms with E-state index in [4.69, 9.17) is 32.7 Å². The van der Waals surface area contributed by atoms with E-state index in [-0.39, 0.29) is 46.9 Å². The predicted octanol–water partition coefficient (Wildman–Crippen LogP) is 2.44. The second-order valence-electron chi connectivity index (χ2n) is 6.65. The second kappa shape index (κ2) is 9.01. The molecule has 0 spiro atoms. The molecule has 1 fully saturated rings. The maximum absolute atomic E-state index is 12.8. The first-order chi connectivity index (χ1) is 14.3. The Bertz CT molecular complexity index is 1060. The third-order valence-electron chi connectivity index (χ3n) is 4.67. The summed E-state index contributed by atoms with van der Waals surface area (Å²) in [4.78, 5) is 49.3. The van der Waals surface area contributed by atoms with Crippen LogP contribution in [-0.4, -0.2) is 38.3 Å². The number of halogens is 2. The van der Waals surface area contributed by atoms with Crippen LogP contribution < -0.4 is 15.2 Å². The summed E-state index contributed by atoms with van der Waals surface area (Å²) < 4.78 is 13.0. The van der Waals surface area contributed by atoms with Crippen LogP contribution in [0.4, 0.5) is 0 Å². The zero-order chi connectivity index (χ0) is 22.0. The topological polar surface area (TPSA) is 109 Å². The molecule has 30 heavy (non-hydrogen) atoms. The van der Waals surface area contributed by atoms with Crippen LogP contribution in [-0.2, 0) is 23.4 Å². The minimum absolute atomic E-state index is 0.0481. The summed E-state index contributed by atoms with van der Waals surface area (Å²) in [6.07, 6.45) is 0.773. The second-order valence-corrected chi connectivity index (χ2v) is 7.44. The molecule has 0 atom stereocenters. The first kappa shape index (κ1) is 22.0. The molecule has 0 unspecified atom stereocenters. The number of ether oxygens (including phenoxy) is 2. The molecule has 9 nitrogen and oxygen atoms in total. The minimum atomic E-state index is -1.36. The fourth-order valence-electron chi connectivity index (χ4n) is 3.14. The van der Waals surface area contributed by atoms with Gasteiger partial charge in [-0.05, 0) is 25.5 Å². The summed E-state index contributed by atoms with van der Waals surface area (Å²) in [6.45, 7) is 1.73. The van der Waals surface area contributed by atoms with Crippen molar-refractivity contribution in [3.05, 3.63) is 38.2 Å². The molecule has 3 rings (SSSR count). The SMILES string of the molecule is CCOc1nn(COc2c(Cl)ccc(C(=O)C3C(=O)CCCC3=O)c2Cl)c(=O)n1C. The molecule has 1 saturated carbocycles. The zero-order valence-electron chi connectivity index (χ0n) is 16.3. The summed E-state index contributed by atoms with van der Waals surface area (Å²) in [5.41, 5.74) is -0.538. The van der Waals surface area contributed by atoms with Crippen molar-refractivity contribution in [3.63, 3.8) is 0 Å². The van der Waals surface area contributed by atoms with Crippen LogP contribution in [0.15, 0.2) is 16.9 Å². The van der Waals surface area contributed by atoms with Gasteiger partial charge >= 0.3 is 11.7 Å². The third kappa shape index (κ3) is 4.13. The quantitative estimate of drug-likeness (QED) is 0.465. The Labute approximate surface area is 181 Å². The van der Waals surface area contributed by atoms with Gasteiger partial charge in [0.05, 0.1) is 16.7 Å². The van der Waals surface area contributed by atoms with Gasteiger partial charge in [0.25, 0.3) is 0 Å². The Balaban J connectivity index is 1.88. The molecule has 1 aliphatic rings. The standard InChI is InChI=1S/C19H19Cl2N3O6/c1-3-29-18-22-24(19(28)23(18)2)9-30-17-11(20)8-7-10(15(17)21)16(27)14-12(25)5-4-6-13(14)26/h7-8,14H,3-6,9H2,1-2H3. The number of nitrogens with zero attached hydrogens (tertiary/aromatic N) is 3. The Hall–Kier alpha value is -2.65. The van der Waals surface area contributed by atoms with Gasteiger partial charge in [-0.15, -0.1) is 5.10 Å². The van der Waals surface area contributed by atoms with Crippen molar-refractivity contribution in [2.75, 3.05) is 6.61 Å². The first-order valence-electron chi connectivity index (χ1n) is 9.23. The van der Waals surface area contributed by atoms with Crippen molar-refractivity contribution in [3.8, 4) is 11.8 Å². The molecule has 2 aromatic rings. The first-order valence-corrected chi connectivity index (χ1v) is 9.98. The van der Waals surface area contributed by atoms with Gasteiger partial charge in [-0.3, -0.25) is 14.4 Å². The van der Waals surface area contributed by atoms with E-state index >= 15 is 0 Å². The van der Waals surface area contributed by atoms with Gasteiger partial charge in [-0.2, -0.15) is 4.68 Å². The maximum atomic E-state index is 12.8. The van der Waals surface area contributed by atoms with Gasteiger partial charge in [-0.1, -0.05) is 23.2 Å². The number of rotatable bonds is 7. The number of aromatic nitrogens is 3. The summed E-state index contributed by atoms with van der Waals surface area (Å²) in [5.74, 6) is -2.96. The molecule has 1 aromatic carbocycles. The maximum Gasteiger partial charge on any atom is 0.351 e. The number of ketones is 3. The summed E-state index contributed by atoms with van der Waals surface area (Å²) in [7, 11) is 1.49. The monoisotopic (exact) mass is 455 g/mol. The molecule has 0 saturated heterocycles. The number of hydrogen-bond acceptors (Lipinski definition) is 7. The predicted molar refractivity (Wildman–Crippen MR) is 107 cm³/mol. The van der Waals surface area contributed by atoms with E-state index in [0.29, 0.717) is 13.0 Å². The molecule has 0 bridgehead atoms. The number of carbonyl (C=O) groups is 3. The van der Waals surface area contributed by atoms with Gasteiger partial charge in [0.2, 0.25) is 0 Å². The molecule has 160 valence electrons. The van der Waals surface area contributed by atoms with E-state index in [9.17, 15) is 19.2 Å². The molecule has 1 heterocycles. The van der Waals surface area contributed by atoms with Gasteiger partial charge < -0.3 is 9.47 Å². The fourth-order valence-corrected chi connectivity index (χ4v) is 3.71. The Morgan fingerprint density at radius 1 is 1.17 bits per heavy atom. The highest BCUT2D eigenvalue weighted by Crippen LogP contribution is 2.37. The lowest BCUT2D eigenvalue weighted by molar-refractivity contribution is -0.133. The van der Waals surface area contributed by atoms with E-state index < -0.39 is 29.0 Å². The number of Topliss-reactive ketones (excluding diaryl/α,β-unsaturated/α-hetero) is 3. The molecule has 11 heteroatoms. The van der Waals surface area contributed by atoms with E-state index in [2.05, 4.69) is 5.10 Å². The summed E-state index contributed by atoms with van der Waals surface area (Å²) in [5, 5.41) is 3.95. The van der Waals surface area contributed by atoms with Gasteiger partial charge in [0.1, 0.15) is 5.92 Å². The normalized spacial score (nSPS) is 14.8. The van der Waals surface area contributed by atoms with Crippen LogP contribution in [0, 0.1) is 5.92 Å². The highest BCUT2D eigenvalue weighted by molar-refractivity contribution is 6.40. The smallest absolute Gasteiger partial charge is 0.351 e. The minimum Gasteiger partial charge on any atom is -0.468 e. The summed E-state index contributed by atoms with van der Waals surface area (Å²) >= 11 is 12.5. The third-order valence-corrected chi connectivity index (χ3v) is 5.35. The van der Waals surface area contributed by atoms with E-state index in [1.54, 1.807) is 6.92 Å². The Morgan fingerprint density at radius 3 is 2.47 bits per heavy atom. The highest BCUT2D eigenvalue weighted by atomic mass is 35.5. The summed E-state index contributed by atoms with van der Waals surface area (Å²) in [6, 6.07) is 2.83. The van der Waals surface area contributed by atoms with Gasteiger partial charge in [-0.25, -0.2) is 9.36 Å². The van der Waals surface area contributed by atoms with Crippen molar-refractivity contribution in [2.24, 2.45) is 13.0 Å².